The van der Waals surface area contributed by atoms with E-state index in [9.17, 15) is 4.79 Å². The lowest BCUT2D eigenvalue weighted by Gasteiger charge is -2.00. The molecule has 0 spiro atoms. The molecule has 2 amide bonds. The number of anilines is 1. The van der Waals surface area contributed by atoms with Gasteiger partial charge in [-0.05, 0) is 12.1 Å². The van der Waals surface area contributed by atoms with Crippen molar-refractivity contribution in [3.8, 4) is 0 Å². The van der Waals surface area contributed by atoms with Crippen molar-refractivity contribution in [2.45, 2.75) is 0 Å². The van der Waals surface area contributed by atoms with Gasteiger partial charge in [0.15, 0.2) is 0 Å². The molecule has 1 aromatic rings. The first-order chi connectivity index (χ1) is 6.79. The minimum atomic E-state index is -0.666. The van der Waals surface area contributed by atoms with E-state index in [4.69, 9.17) is 5.73 Å². The van der Waals surface area contributed by atoms with Crippen LogP contribution in [-0.2, 0) is 0 Å². The quantitative estimate of drug-likeness (QED) is 0.486. The fourth-order valence-electron chi connectivity index (χ4n) is 0.874. The van der Waals surface area contributed by atoms with E-state index >= 15 is 0 Å². The van der Waals surface area contributed by atoms with E-state index in [1.54, 1.807) is 0 Å². The Balaban J connectivity index is 2.22. The first kappa shape index (κ1) is 10.0. The number of nitrogens with two attached hydrogens (primary N) is 1. The zero-order valence-corrected chi connectivity index (χ0v) is 7.60. The number of carbonyl (C=O) groups is 1. The van der Waals surface area contributed by atoms with Crippen LogP contribution in [0, 0.1) is 0 Å². The predicted molar refractivity (Wildman–Crippen MR) is 56.1 cm³/mol. The number of rotatable bonds is 4. The van der Waals surface area contributed by atoms with Crippen LogP contribution in [0.4, 0.5) is 10.5 Å². The van der Waals surface area contributed by atoms with Gasteiger partial charge in [0.05, 0.1) is 6.54 Å². The molecule has 0 bridgehead atoms. The Morgan fingerprint density at radius 2 is 2.14 bits per heavy atom. The minimum absolute atomic E-state index is 0.532. The number of nitrogens with one attached hydrogen (secondary N) is 2. The van der Waals surface area contributed by atoms with E-state index in [1.165, 1.54) is 6.21 Å². The van der Waals surface area contributed by atoms with Gasteiger partial charge in [0.25, 0.3) is 0 Å². The monoisotopic (exact) mass is 192 g/mol. The van der Waals surface area contributed by atoms with E-state index < -0.39 is 6.03 Å². The SMILES string of the molecule is NC(=O)N/N=C/CNc1ccccc1. The maximum Gasteiger partial charge on any atom is 0.332 e. The molecule has 0 fully saturated rings. The molecule has 74 valence electrons. The summed E-state index contributed by atoms with van der Waals surface area (Å²) in [6.07, 6.45) is 1.53. The van der Waals surface area contributed by atoms with Crippen LogP contribution in [0.2, 0.25) is 0 Å². The normalized spacial score (nSPS) is 10.0. The Morgan fingerprint density at radius 3 is 2.79 bits per heavy atom. The van der Waals surface area contributed by atoms with Crippen LogP contribution in [0.3, 0.4) is 0 Å². The number of urea groups is 1. The third-order valence-corrected chi connectivity index (χ3v) is 1.44. The topological polar surface area (TPSA) is 79.5 Å². The van der Waals surface area contributed by atoms with Gasteiger partial charge in [-0.1, -0.05) is 18.2 Å². The summed E-state index contributed by atoms with van der Waals surface area (Å²) >= 11 is 0. The lowest BCUT2D eigenvalue weighted by Crippen LogP contribution is -2.24. The largest absolute Gasteiger partial charge is 0.380 e. The molecule has 1 aromatic carbocycles. The Bertz CT molecular complexity index is 310. The van der Waals surface area contributed by atoms with E-state index in [0.717, 1.165) is 5.69 Å². The number of hydrogen-bond donors (Lipinski definition) is 3. The number of amides is 2. The Morgan fingerprint density at radius 1 is 1.43 bits per heavy atom. The summed E-state index contributed by atoms with van der Waals surface area (Å²) in [4.78, 5) is 10.2. The average Bonchev–Trinajstić information content (AvgIpc) is 2.18. The van der Waals surface area contributed by atoms with Crippen molar-refractivity contribution >= 4 is 17.9 Å². The summed E-state index contributed by atoms with van der Waals surface area (Å²) < 4.78 is 0. The van der Waals surface area contributed by atoms with Crippen LogP contribution in [-0.4, -0.2) is 18.8 Å². The van der Waals surface area contributed by atoms with Crippen LogP contribution in [0.1, 0.15) is 0 Å². The van der Waals surface area contributed by atoms with Crippen molar-refractivity contribution < 1.29 is 4.79 Å². The van der Waals surface area contributed by atoms with Gasteiger partial charge in [-0.2, -0.15) is 5.10 Å². The number of primary amides is 1. The van der Waals surface area contributed by atoms with Gasteiger partial charge < -0.3 is 11.1 Å². The first-order valence-electron chi connectivity index (χ1n) is 4.15. The molecule has 1 rings (SSSR count). The zero-order valence-electron chi connectivity index (χ0n) is 7.60. The molecule has 0 unspecified atom stereocenters. The van der Waals surface area contributed by atoms with Crippen LogP contribution >= 0.6 is 0 Å². The van der Waals surface area contributed by atoms with Gasteiger partial charge >= 0.3 is 6.03 Å². The van der Waals surface area contributed by atoms with E-state index in [-0.39, 0.29) is 0 Å². The zero-order chi connectivity index (χ0) is 10.2. The lowest BCUT2D eigenvalue weighted by atomic mass is 10.3. The van der Waals surface area contributed by atoms with E-state index in [1.807, 2.05) is 30.3 Å². The summed E-state index contributed by atoms with van der Waals surface area (Å²) in [7, 11) is 0. The maximum atomic E-state index is 10.2. The van der Waals surface area contributed by atoms with E-state index in [0.29, 0.717) is 6.54 Å². The van der Waals surface area contributed by atoms with Crippen molar-refractivity contribution in [3.63, 3.8) is 0 Å². The highest BCUT2D eigenvalue weighted by Gasteiger charge is 1.86. The Labute approximate surface area is 82.0 Å². The lowest BCUT2D eigenvalue weighted by molar-refractivity contribution is 0.249. The molecule has 0 radical (unpaired) electrons. The second kappa shape index (κ2) is 5.58. The highest BCUT2D eigenvalue weighted by Crippen LogP contribution is 2.02. The molecule has 5 nitrogen and oxygen atoms in total. The van der Waals surface area contributed by atoms with Crippen LogP contribution in [0.25, 0.3) is 0 Å². The molecular formula is C9H12N4O. The standard InChI is InChI=1S/C9H12N4O/c10-9(14)13-12-7-6-11-8-4-2-1-3-5-8/h1-5,7,11H,6H2,(H3,10,13,14)/b12-7+. The molecule has 0 aliphatic carbocycles. The molecule has 14 heavy (non-hydrogen) atoms. The van der Waals surface area contributed by atoms with Crippen molar-refractivity contribution in [3.05, 3.63) is 30.3 Å². The van der Waals surface area contributed by atoms with Gasteiger partial charge in [-0.15, -0.1) is 0 Å². The molecule has 0 aliphatic heterocycles. The molecule has 0 heterocycles. The third-order valence-electron chi connectivity index (χ3n) is 1.44. The maximum absolute atomic E-state index is 10.2. The van der Waals surface area contributed by atoms with Gasteiger partial charge in [0, 0.05) is 11.9 Å². The van der Waals surface area contributed by atoms with Crippen molar-refractivity contribution in [1.82, 2.24) is 5.43 Å². The number of hydrogen-bond acceptors (Lipinski definition) is 3. The molecule has 0 aromatic heterocycles. The molecular weight excluding hydrogens is 180 g/mol. The average molecular weight is 192 g/mol. The minimum Gasteiger partial charge on any atom is -0.380 e. The molecule has 4 N–H and O–H groups in total. The predicted octanol–water partition coefficient (Wildman–Crippen LogP) is 0.753. The van der Waals surface area contributed by atoms with Gasteiger partial charge in [-0.25, -0.2) is 10.2 Å². The number of nitrogens with zero attached hydrogens (tertiary/aromatic N) is 1. The number of hydrazone groups is 1. The fraction of sp³-hybridized carbons (Fsp3) is 0.111. The van der Waals surface area contributed by atoms with E-state index in [2.05, 4.69) is 15.8 Å². The third kappa shape index (κ3) is 4.10. The molecule has 0 atom stereocenters. The van der Waals surface area contributed by atoms with Gasteiger partial charge in [0.1, 0.15) is 0 Å². The smallest absolute Gasteiger partial charge is 0.332 e. The van der Waals surface area contributed by atoms with Gasteiger partial charge in [0.2, 0.25) is 0 Å². The highest BCUT2D eigenvalue weighted by molar-refractivity contribution is 5.73. The van der Waals surface area contributed by atoms with Crippen molar-refractivity contribution in [2.75, 3.05) is 11.9 Å². The van der Waals surface area contributed by atoms with Crippen molar-refractivity contribution in [1.29, 1.82) is 0 Å². The second-order valence-corrected chi connectivity index (χ2v) is 2.53. The molecule has 0 aliphatic rings. The summed E-state index contributed by atoms with van der Waals surface area (Å²) in [6.45, 7) is 0.532. The first-order valence-corrected chi connectivity index (χ1v) is 4.15. The summed E-state index contributed by atoms with van der Waals surface area (Å²) in [5, 5.41) is 6.65. The second-order valence-electron chi connectivity index (χ2n) is 2.53. The molecule has 5 heteroatoms. The van der Waals surface area contributed by atoms with Gasteiger partial charge in [-0.3, -0.25) is 0 Å². The van der Waals surface area contributed by atoms with Crippen LogP contribution in [0.15, 0.2) is 35.4 Å². The number of benzene rings is 1. The van der Waals surface area contributed by atoms with Crippen LogP contribution < -0.4 is 16.5 Å². The highest BCUT2D eigenvalue weighted by atomic mass is 16.2. The Kier molecular flexibility index (Phi) is 4.00. The molecule has 0 saturated heterocycles. The molecule has 0 saturated carbocycles. The summed E-state index contributed by atoms with van der Waals surface area (Å²) in [6, 6.07) is 9.02. The Hall–Kier alpha value is -2.04. The fourth-order valence-corrected chi connectivity index (χ4v) is 0.874. The summed E-state index contributed by atoms with van der Waals surface area (Å²) in [5.41, 5.74) is 7.90. The number of carbonyl (C=O) groups excluding carboxylic acids is 1. The summed E-state index contributed by atoms with van der Waals surface area (Å²) in [5.74, 6) is 0. The van der Waals surface area contributed by atoms with Crippen molar-refractivity contribution in [2.24, 2.45) is 10.8 Å². The van der Waals surface area contributed by atoms with Crippen LogP contribution in [0.5, 0.6) is 0 Å². The number of para-hydroxylation sites is 1.